The third-order valence-corrected chi connectivity index (χ3v) is 6.54. The van der Waals surface area contributed by atoms with Crippen molar-refractivity contribution in [2.45, 2.75) is 51.6 Å². The average molecular weight is 449 g/mol. The number of nitrogens with one attached hydrogen (secondary N) is 1. The molecule has 0 saturated carbocycles. The van der Waals surface area contributed by atoms with Gasteiger partial charge in [-0.05, 0) is 80.7 Å². The fourth-order valence-corrected chi connectivity index (χ4v) is 4.77. The van der Waals surface area contributed by atoms with Gasteiger partial charge in [0.15, 0.2) is 0 Å². The molecule has 0 atom stereocenters. The lowest BCUT2D eigenvalue weighted by Gasteiger charge is -2.34. The molecule has 2 aromatic carbocycles. The molecule has 0 amide bonds. The zero-order valence-corrected chi connectivity index (χ0v) is 19.7. The first-order valence-corrected chi connectivity index (χ1v) is 12.2. The summed E-state index contributed by atoms with van der Waals surface area (Å²) in [6, 6.07) is 19.6. The number of piperidine rings is 1. The predicted molar refractivity (Wildman–Crippen MR) is 133 cm³/mol. The van der Waals surface area contributed by atoms with Crippen LogP contribution in [0.5, 0.6) is 0 Å². The molecule has 32 heavy (non-hydrogen) atoms. The summed E-state index contributed by atoms with van der Waals surface area (Å²) in [6.07, 6.45) is 7.20. The maximum Gasteiger partial charge on any atom is 0.128 e. The molecule has 0 unspecified atom stereocenters. The van der Waals surface area contributed by atoms with Crippen molar-refractivity contribution in [2.24, 2.45) is 0 Å². The number of rotatable bonds is 9. The van der Waals surface area contributed by atoms with Crippen molar-refractivity contribution < 1.29 is 0 Å². The average Bonchev–Trinajstić information content (AvgIpc) is 2.83. The Hall–Kier alpha value is -2.27. The van der Waals surface area contributed by atoms with Crippen molar-refractivity contribution in [3.63, 3.8) is 0 Å². The van der Waals surface area contributed by atoms with Crippen LogP contribution in [0.2, 0.25) is 5.02 Å². The van der Waals surface area contributed by atoms with Crippen molar-refractivity contribution in [2.75, 3.05) is 19.6 Å². The first-order valence-electron chi connectivity index (χ1n) is 11.8. The highest BCUT2D eigenvalue weighted by Crippen LogP contribution is 2.21. The lowest BCUT2D eigenvalue weighted by molar-refractivity contribution is 0.162. The van der Waals surface area contributed by atoms with Gasteiger partial charge >= 0.3 is 0 Å². The fraction of sp³-hybridized carbons (Fsp3) is 0.407. The van der Waals surface area contributed by atoms with Gasteiger partial charge in [-0.15, -0.1) is 0 Å². The van der Waals surface area contributed by atoms with Crippen molar-refractivity contribution in [1.29, 1.82) is 0 Å². The molecule has 0 bridgehead atoms. The first-order chi connectivity index (χ1) is 15.7. The van der Waals surface area contributed by atoms with Crippen LogP contribution >= 0.6 is 11.6 Å². The highest BCUT2D eigenvalue weighted by Gasteiger charge is 2.19. The van der Waals surface area contributed by atoms with Crippen molar-refractivity contribution in [3.05, 3.63) is 82.8 Å². The molecular formula is C27H33ClN4. The van der Waals surface area contributed by atoms with Gasteiger partial charge < -0.3 is 5.32 Å². The molecule has 1 aromatic heterocycles. The molecule has 5 heteroatoms. The Bertz CT molecular complexity index is 1000. The zero-order chi connectivity index (χ0) is 22.2. The number of hydrogen-bond donors (Lipinski definition) is 1. The van der Waals surface area contributed by atoms with Gasteiger partial charge in [0.1, 0.15) is 5.82 Å². The van der Waals surface area contributed by atoms with E-state index in [1.54, 1.807) is 0 Å². The van der Waals surface area contributed by atoms with Gasteiger partial charge in [-0.3, -0.25) is 4.90 Å². The summed E-state index contributed by atoms with van der Waals surface area (Å²) in [5.41, 5.74) is 4.78. The van der Waals surface area contributed by atoms with Gasteiger partial charge in [0.2, 0.25) is 0 Å². The Morgan fingerprint density at radius 1 is 1.00 bits per heavy atom. The SMILES string of the molecule is CCN(Cc1cccc(-c2ccnc(CCCc3cccc(Cl)c3)n2)c1)C1CCNCC1. The number of halogens is 1. The second-order valence-corrected chi connectivity index (χ2v) is 9.02. The molecule has 2 heterocycles. The van der Waals surface area contributed by atoms with Gasteiger partial charge in [-0.25, -0.2) is 9.97 Å². The Labute approximate surface area is 197 Å². The molecule has 0 aliphatic carbocycles. The van der Waals surface area contributed by atoms with Crippen LogP contribution in [0.3, 0.4) is 0 Å². The van der Waals surface area contributed by atoms with Crippen LogP contribution in [0, 0.1) is 0 Å². The van der Waals surface area contributed by atoms with Gasteiger partial charge in [0.05, 0.1) is 5.69 Å². The number of nitrogens with zero attached hydrogens (tertiary/aromatic N) is 3. The fourth-order valence-electron chi connectivity index (χ4n) is 4.56. The van der Waals surface area contributed by atoms with Crippen LogP contribution in [-0.4, -0.2) is 40.5 Å². The highest BCUT2D eigenvalue weighted by atomic mass is 35.5. The van der Waals surface area contributed by atoms with E-state index < -0.39 is 0 Å². The third kappa shape index (κ3) is 6.38. The minimum absolute atomic E-state index is 0.676. The predicted octanol–water partition coefficient (Wildman–Crippen LogP) is 5.55. The normalized spacial score (nSPS) is 14.7. The van der Waals surface area contributed by atoms with E-state index in [0.29, 0.717) is 6.04 Å². The topological polar surface area (TPSA) is 41.1 Å². The van der Waals surface area contributed by atoms with E-state index in [9.17, 15) is 0 Å². The maximum absolute atomic E-state index is 6.10. The molecule has 0 radical (unpaired) electrons. The molecule has 1 saturated heterocycles. The lowest BCUT2D eigenvalue weighted by Crippen LogP contribution is -2.42. The number of aryl methyl sites for hydroxylation is 2. The van der Waals surface area contributed by atoms with E-state index in [-0.39, 0.29) is 0 Å². The Morgan fingerprint density at radius 2 is 1.81 bits per heavy atom. The summed E-state index contributed by atoms with van der Waals surface area (Å²) < 4.78 is 0. The van der Waals surface area contributed by atoms with E-state index in [1.165, 1.54) is 29.5 Å². The third-order valence-electron chi connectivity index (χ3n) is 6.30. The van der Waals surface area contributed by atoms with E-state index in [1.807, 2.05) is 30.5 Å². The number of aromatic nitrogens is 2. The van der Waals surface area contributed by atoms with Gasteiger partial charge in [-0.1, -0.05) is 48.9 Å². The molecule has 1 aliphatic heterocycles. The van der Waals surface area contributed by atoms with E-state index in [0.717, 1.165) is 62.0 Å². The molecule has 1 fully saturated rings. The monoisotopic (exact) mass is 448 g/mol. The molecule has 3 aromatic rings. The standard InChI is InChI=1S/C27H33ClN4/c1-2-32(25-12-15-29-16-13-25)20-22-8-3-9-23(18-22)26-14-17-30-27(31-26)11-5-7-21-6-4-10-24(28)19-21/h3-4,6,8-10,14,17-19,25,29H,2,5,7,11-13,15-16,20H2,1H3. The molecule has 168 valence electrons. The quantitative estimate of drug-likeness (QED) is 0.466. The number of hydrogen-bond acceptors (Lipinski definition) is 4. The Morgan fingerprint density at radius 3 is 2.62 bits per heavy atom. The van der Waals surface area contributed by atoms with E-state index in [2.05, 4.69) is 52.5 Å². The van der Waals surface area contributed by atoms with E-state index in [4.69, 9.17) is 16.6 Å². The smallest absolute Gasteiger partial charge is 0.128 e. The molecular weight excluding hydrogens is 416 g/mol. The van der Waals surface area contributed by atoms with Crippen molar-refractivity contribution in [3.8, 4) is 11.3 Å². The summed E-state index contributed by atoms with van der Waals surface area (Å²) >= 11 is 6.10. The molecule has 1 N–H and O–H groups in total. The molecule has 0 spiro atoms. The van der Waals surface area contributed by atoms with Crippen molar-refractivity contribution in [1.82, 2.24) is 20.2 Å². The number of benzene rings is 2. The summed E-state index contributed by atoms with van der Waals surface area (Å²) in [5, 5.41) is 4.27. The highest BCUT2D eigenvalue weighted by molar-refractivity contribution is 6.30. The first kappa shape index (κ1) is 22.9. The minimum Gasteiger partial charge on any atom is -0.317 e. The Balaban J connectivity index is 1.40. The largest absolute Gasteiger partial charge is 0.317 e. The molecule has 1 aliphatic rings. The molecule has 4 rings (SSSR count). The summed E-state index contributed by atoms with van der Waals surface area (Å²) in [5.74, 6) is 0.903. The van der Waals surface area contributed by atoms with Crippen LogP contribution < -0.4 is 5.32 Å². The van der Waals surface area contributed by atoms with Gasteiger partial charge in [-0.2, -0.15) is 0 Å². The zero-order valence-electron chi connectivity index (χ0n) is 18.9. The van der Waals surface area contributed by atoms with Crippen LogP contribution in [0.4, 0.5) is 0 Å². The second kappa shape index (κ2) is 11.6. The van der Waals surface area contributed by atoms with Crippen molar-refractivity contribution >= 4 is 11.6 Å². The maximum atomic E-state index is 6.10. The summed E-state index contributed by atoms with van der Waals surface area (Å²) in [7, 11) is 0. The van der Waals surface area contributed by atoms with Gasteiger partial charge in [0, 0.05) is 35.8 Å². The van der Waals surface area contributed by atoms with Gasteiger partial charge in [0.25, 0.3) is 0 Å². The summed E-state index contributed by atoms with van der Waals surface area (Å²) in [6.45, 7) is 6.60. The van der Waals surface area contributed by atoms with E-state index >= 15 is 0 Å². The second-order valence-electron chi connectivity index (χ2n) is 8.59. The minimum atomic E-state index is 0.676. The van der Waals surface area contributed by atoms with Crippen LogP contribution in [-0.2, 0) is 19.4 Å². The Kier molecular flexibility index (Phi) is 8.27. The molecule has 4 nitrogen and oxygen atoms in total. The van der Waals surface area contributed by atoms with Crippen LogP contribution in [0.25, 0.3) is 11.3 Å². The lowest BCUT2D eigenvalue weighted by atomic mass is 10.0. The van der Waals surface area contributed by atoms with Crippen LogP contribution in [0.1, 0.15) is 43.1 Å². The van der Waals surface area contributed by atoms with Crippen LogP contribution in [0.15, 0.2) is 60.8 Å². The summed E-state index contributed by atoms with van der Waals surface area (Å²) in [4.78, 5) is 12.0.